The Balaban J connectivity index is 1.86. The fourth-order valence-electron chi connectivity index (χ4n) is 2.10. The maximum atomic E-state index is 11.6. The van der Waals surface area contributed by atoms with Crippen molar-refractivity contribution < 1.29 is 23.7 Å². The van der Waals surface area contributed by atoms with E-state index < -0.39 is 11.9 Å². The van der Waals surface area contributed by atoms with Crippen molar-refractivity contribution in [2.24, 2.45) is 0 Å². The number of fused-ring (bicyclic) bond motifs is 1. The standard InChI is InChI=1S/C12H20O5/c1-4-5-6-14-7-8-9-10(11(13)15-8)17-12(2,3)16-9/h8-10H,4-7H2,1-3H3/t8-,9+,10-/m0/s1. The van der Waals surface area contributed by atoms with Crippen LogP contribution in [-0.4, -0.2) is 43.3 Å². The Kier molecular flexibility index (Phi) is 3.70. The van der Waals surface area contributed by atoms with Gasteiger partial charge in [0.05, 0.1) is 6.61 Å². The van der Waals surface area contributed by atoms with Gasteiger partial charge in [-0.1, -0.05) is 13.3 Å². The minimum atomic E-state index is -0.712. The third-order valence-corrected chi connectivity index (χ3v) is 2.92. The average Bonchev–Trinajstić information content (AvgIpc) is 2.70. The first-order valence-electron chi connectivity index (χ1n) is 6.17. The van der Waals surface area contributed by atoms with Crippen LogP contribution in [0.3, 0.4) is 0 Å². The van der Waals surface area contributed by atoms with Gasteiger partial charge >= 0.3 is 5.97 Å². The maximum Gasteiger partial charge on any atom is 0.338 e. The van der Waals surface area contributed by atoms with Crippen LogP contribution in [0.2, 0.25) is 0 Å². The molecule has 0 aromatic carbocycles. The third-order valence-electron chi connectivity index (χ3n) is 2.92. The second-order valence-electron chi connectivity index (χ2n) is 4.92. The zero-order chi connectivity index (χ0) is 12.5. The zero-order valence-corrected chi connectivity index (χ0v) is 10.6. The van der Waals surface area contributed by atoms with Gasteiger partial charge < -0.3 is 18.9 Å². The van der Waals surface area contributed by atoms with E-state index in [1.807, 2.05) is 0 Å². The molecule has 2 aliphatic rings. The van der Waals surface area contributed by atoms with E-state index >= 15 is 0 Å². The van der Waals surface area contributed by atoms with Gasteiger partial charge in [0, 0.05) is 6.61 Å². The van der Waals surface area contributed by atoms with Gasteiger partial charge in [-0.3, -0.25) is 0 Å². The van der Waals surface area contributed by atoms with E-state index in [1.165, 1.54) is 0 Å². The fraction of sp³-hybridized carbons (Fsp3) is 0.917. The highest BCUT2D eigenvalue weighted by atomic mass is 16.8. The number of carbonyl (C=O) groups excluding carboxylic acids is 1. The number of hydrogen-bond donors (Lipinski definition) is 0. The van der Waals surface area contributed by atoms with Crippen LogP contribution in [0.5, 0.6) is 0 Å². The molecule has 0 saturated carbocycles. The van der Waals surface area contributed by atoms with Gasteiger partial charge in [0.15, 0.2) is 18.0 Å². The lowest BCUT2D eigenvalue weighted by atomic mass is 10.1. The Labute approximate surface area is 101 Å². The Bertz CT molecular complexity index is 289. The van der Waals surface area contributed by atoms with Crippen LogP contribution in [0.25, 0.3) is 0 Å². The smallest absolute Gasteiger partial charge is 0.338 e. The molecule has 0 unspecified atom stereocenters. The molecule has 0 spiro atoms. The summed E-state index contributed by atoms with van der Waals surface area (Å²) in [6.45, 7) is 6.77. The summed E-state index contributed by atoms with van der Waals surface area (Å²) in [5, 5.41) is 0. The molecular weight excluding hydrogens is 224 g/mol. The molecule has 5 nitrogen and oxygen atoms in total. The molecule has 3 atom stereocenters. The summed E-state index contributed by atoms with van der Waals surface area (Å²) in [5.74, 6) is -1.05. The van der Waals surface area contributed by atoms with Gasteiger partial charge in [0.2, 0.25) is 0 Å². The normalized spacial score (nSPS) is 34.8. The lowest BCUT2D eigenvalue weighted by molar-refractivity contribution is -0.190. The van der Waals surface area contributed by atoms with Crippen LogP contribution in [0.1, 0.15) is 33.6 Å². The van der Waals surface area contributed by atoms with Crippen LogP contribution in [0.4, 0.5) is 0 Å². The summed E-state index contributed by atoms with van der Waals surface area (Å²) >= 11 is 0. The summed E-state index contributed by atoms with van der Waals surface area (Å²) in [5.41, 5.74) is 0. The highest BCUT2D eigenvalue weighted by Crippen LogP contribution is 2.35. The molecule has 98 valence electrons. The fourth-order valence-corrected chi connectivity index (χ4v) is 2.10. The van der Waals surface area contributed by atoms with Crippen molar-refractivity contribution >= 4 is 5.97 Å². The summed E-state index contributed by atoms with van der Waals surface area (Å²) in [6, 6.07) is 0. The molecule has 17 heavy (non-hydrogen) atoms. The molecular formula is C12H20O5. The van der Waals surface area contributed by atoms with E-state index in [4.69, 9.17) is 18.9 Å². The Morgan fingerprint density at radius 2 is 2.12 bits per heavy atom. The topological polar surface area (TPSA) is 54.0 Å². The SMILES string of the molecule is CCCCOC[C@@H]1OC(=O)[C@H]2OC(C)(C)O[C@H]12. The van der Waals surface area contributed by atoms with Gasteiger partial charge in [-0.05, 0) is 20.3 Å². The minimum absolute atomic E-state index is 0.334. The van der Waals surface area contributed by atoms with Crippen molar-refractivity contribution in [3.8, 4) is 0 Å². The number of hydrogen-bond acceptors (Lipinski definition) is 5. The summed E-state index contributed by atoms with van der Waals surface area (Å²) in [7, 11) is 0. The van der Waals surface area contributed by atoms with Gasteiger partial charge in [-0.25, -0.2) is 4.79 Å². The van der Waals surface area contributed by atoms with E-state index in [9.17, 15) is 4.79 Å². The first kappa shape index (κ1) is 12.8. The average molecular weight is 244 g/mol. The van der Waals surface area contributed by atoms with Crippen LogP contribution < -0.4 is 0 Å². The van der Waals surface area contributed by atoms with E-state index in [1.54, 1.807) is 13.8 Å². The molecule has 2 rings (SSSR count). The molecule has 0 aromatic heterocycles. The van der Waals surface area contributed by atoms with Gasteiger partial charge in [-0.15, -0.1) is 0 Å². The maximum absolute atomic E-state index is 11.6. The molecule has 2 heterocycles. The summed E-state index contributed by atoms with van der Waals surface area (Å²) in [6.07, 6.45) is 0.829. The van der Waals surface area contributed by atoms with Crippen molar-refractivity contribution in [2.45, 2.75) is 57.7 Å². The van der Waals surface area contributed by atoms with E-state index in [2.05, 4.69) is 6.92 Å². The number of esters is 1. The first-order chi connectivity index (χ1) is 8.03. The molecule has 0 aromatic rings. The molecule has 5 heteroatoms. The molecule has 2 saturated heterocycles. The monoisotopic (exact) mass is 244 g/mol. The van der Waals surface area contributed by atoms with Crippen molar-refractivity contribution in [1.29, 1.82) is 0 Å². The predicted octanol–water partition coefficient (Wildman–Crippen LogP) is 1.25. The van der Waals surface area contributed by atoms with E-state index in [-0.39, 0.29) is 18.2 Å². The first-order valence-corrected chi connectivity index (χ1v) is 6.17. The number of rotatable bonds is 5. The predicted molar refractivity (Wildman–Crippen MR) is 59.4 cm³/mol. The third kappa shape index (κ3) is 2.78. The lowest BCUT2D eigenvalue weighted by Gasteiger charge is -2.21. The molecule has 0 amide bonds. The number of unbranched alkanes of at least 4 members (excludes halogenated alkanes) is 1. The van der Waals surface area contributed by atoms with Crippen LogP contribution in [-0.2, 0) is 23.7 Å². The minimum Gasteiger partial charge on any atom is -0.455 e. The van der Waals surface area contributed by atoms with E-state index in [0.717, 1.165) is 12.8 Å². The Morgan fingerprint density at radius 3 is 2.82 bits per heavy atom. The zero-order valence-electron chi connectivity index (χ0n) is 10.6. The van der Waals surface area contributed by atoms with Crippen molar-refractivity contribution in [3.05, 3.63) is 0 Å². The largest absolute Gasteiger partial charge is 0.455 e. The second kappa shape index (κ2) is 4.92. The summed E-state index contributed by atoms with van der Waals surface area (Å²) < 4.78 is 21.8. The Morgan fingerprint density at radius 1 is 1.35 bits per heavy atom. The summed E-state index contributed by atoms with van der Waals surface area (Å²) in [4.78, 5) is 11.6. The quantitative estimate of drug-likeness (QED) is 0.538. The molecule has 0 N–H and O–H groups in total. The van der Waals surface area contributed by atoms with Gasteiger partial charge in [0.1, 0.15) is 6.10 Å². The molecule has 0 radical (unpaired) electrons. The highest BCUT2D eigenvalue weighted by Gasteiger charge is 2.55. The van der Waals surface area contributed by atoms with Crippen molar-refractivity contribution in [2.75, 3.05) is 13.2 Å². The van der Waals surface area contributed by atoms with Crippen molar-refractivity contribution in [3.63, 3.8) is 0 Å². The second-order valence-corrected chi connectivity index (χ2v) is 4.92. The van der Waals surface area contributed by atoms with Crippen LogP contribution in [0, 0.1) is 0 Å². The lowest BCUT2D eigenvalue weighted by Crippen LogP contribution is -2.33. The van der Waals surface area contributed by atoms with Gasteiger partial charge in [0.25, 0.3) is 0 Å². The van der Waals surface area contributed by atoms with Gasteiger partial charge in [-0.2, -0.15) is 0 Å². The van der Waals surface area contributed by atoms with Crippen LogP contribution >= 0.6 is 0 Å². The molecule has 2 aliphatic heterocycles. The molecule has 0 aliphatic carbocycles. The van der Waals surface area contributed by atoms with Crippen LogP contribution in [0.15, 0.2) is 0 Å². The Hall–Kier alpha value is -0.650. The molecule has 0 bridgehead atoms. The van der Waals surface area contributed by atoms with E-state index in [0.29, 0.717) is 13.2 Å². The highest BCUT2D eigenvalue weighted by molar-refractivity contribution is 5.78. The number of cyclic esters (lactones) is 1. The number of carbonyl (C=O) groups is 1. The van der Waals surface area contributed by atoms with Crippen molar-refractivity contribution in [1.82, 2.24) is 0 Å². The molecule has 2 fully saturated rings. The number of ether oxygens (including phenoxy) is 4.